The van der Waals surface area contributed by atoms with Crippen molar-refractivity contribution in [2.75, 3.05) is 39.8 Å². The molecule has 0 bridgehead atoms. The lowest BCUT2D eigenvalue weighted by Crippen LogP contribution is -2.46. The standard InChI is InChI=1S/C13H20BrN3/c1-15-13(10-17-7-5-16-6-8-17)11-3-2-4-12(14)9-11/h2-4,9,13,15-16H,5-8,10H2,1H3. The SMILES string of the molecule is CNC(CN1CCNCC1)c1cccc(Br)c1. The number of likely N-dealkylation sites (N-methyl/N-ethyl adjacent to an activating group) is 1. The van der Waals surface area contributed by atoms with Crippen LogP contribution in [0, 0.1) is 0 Å². The Morgan fingerprint density at radius 1 is 1.41 bits per heavy atom. The molecule has 1 aliphatic heterocycles. The molecular formula is C13H20BrN3. The second-order valence-electron chi connectivity index (χ2n) is 4.45. The van der Waals surface area contributed by atoms with Crippen molar-refractivity contribution in [3.8, 4) is 0 Å². The van der Waals surface area contributed by atoms with Crippen LogP contribution in [0.2, 0.25) is 0 Å². The molecule has 1 atom stereocenters. The predicted octanol–water partition coefficient (Wildman–Crippen LogP) is 1.61. The van der Waals surface area contributed by atoms with Gasteiger partial charge in [-0.05, 0) is 24.7 Å². The predicted molar refractivity (Wildman–Crippen MR) is 75.3 cm³/mol. The second kappa shape index (κ2) is 6.50. The van der Waals surface area contributed by atoms with Crippen LogP contribution in [0.4, 0.5) is 0 Å². The van der Waals surface area contributed by atoms with Crippen molar-refractivity contribution in [2.24, 2.45) is 0 Å². The summed E-state index contributed by atoms with van der Waals surface area (Å²) in [6.45, 7) is 5.58. The molecule has 1 fully saturated rings. The number of nitrogens with zero attached hydrogens (tertiary/aromatic N) is 1. The maximum atomic E-state index is 3.53. The number of benzene rings is 1. The van der Waals surface area contributed by atoms with Crippen molar-refractivity contribution in [3.63, 3.8) is 0 Å². The molecule has 1 saturated heterocycles. The number of rotatable bonds is 4. The highest BCUT2D eigenvalue weighted by Gasteiger charge is 2.16. The van der Waals surface area contributed by atoms with Gasteiger partial charge < -0.3 is 10.6 Å². The molecule has 17 heavy (non-hydrogen) atoms. The Morgan fingerprint density at radius 2 is 2.18 bits per heavy atom. The molecule has 0 spiro atoms. The highest BCUT2D eigenvalue weighted by molar-refractivity contribution is 9.10. The summed E-state index contributed by atoms with van der Waals surface area (Å²) in [4.78, 5) is 2.51. The van der Waals surface area contributed by atoms with E-state index in [1.165, 1.54) is 5.56 Å². The first-order valence-corrected chi connectivity index (χ1v) is 6.94. The summed E-state index contributed by atoms with van der Waals surface area (Å²) in [5.41, 5.74) is 1.35. The Labute approximate surface area is 112 Å². The summed E-state index contributed by atoms with van der Waals surface area (Å²) in [7, 11) is 2.04. The van der Waals surface area contributed by atoms with Gasteiger partial charge in [0.25, 0.3) is 0 Å². The van der Waals surface area contributed by atoms with E-state index < -0.39 is 0 Å². The monoisotopic (exact) mass is 297 g/mol. The van der Waals surface area contributed by atoms with E-state index in [-0.39, 0.29) is 0 Å². The van der Waals surface area contributed by atoms with E-state index in [4.69, 9.17) is 0 Å². The Kier molecular flexibility index (Phi) is 4.98. The number of piperazine rings is 1. The Morgan fingerprint density at radius 3 is 2.82 bits per heavy atom. The van der Waals surface area contributed by atoms with Gasteiger partial charge in [-0.2, -0.15) is 0 Å². The van der Waals surface area contributed by atoms with Gasteiger partial charge >= 0.3 is 0 Å². The van der Waals surface area contributed by atoms with Gasteiger partial charge in [-0.3, -0.25) is 4.90 Å². The summed E-state index contributed by atoms with van der Waals surface area (Å²) in [6, 6.07) is 8.96. The van der Waals surface area contributed by atoms with Gasteiger partial charge in [0.1, 0.15) is 0 Å². The maximum Gasteiger partial charge on any atom is 0.0447 e. The molecule has 4 heteroatoms. The lowest BCUT2D eigenvalue weighted by atomic mass is 10.1. The van der Waals surface area contributed by atoms with Crippen LogP contribution in [-0.2, 0) is 0 Å². The van der Waals surface area contributed by atoms with Crippen LogP contribution in [0.5, 0.6) is 0 Å². The molecule has 1 aliphatic rings. The number of hydrogen-bond donors (Lipinski definition) is 2. The molecule has 2 N–H and O–H groups in total. The van der Waals surface area contributed by atoms with Crippen LogP contribution >= 0.6 is 15.9 Å². The third kappa shape index (κ3) is 3.78. The van der Waals surface area contributed by atoms with Crippen molar-refractivity contribution in [1.29, 1.82) is 0 Å². The molecule has 0 saturated carbocycles. The van der Waals surface area contributed by atoms with E-state index in [1.807, 2.05) is 7.05 Å². The van der Waals surface area contributed by atoms with Gasteiger partial charge in [0.2, 0.25) is 0 Å². The topological polar surface area (TPSA) is 27.3 Å². The van der Waals surface area contributed by atoms with Crippen LogP contribution in [0.15, 0.2) is 28.7 Å². The first kappa shape index (κ1) is 13.0. The van der Waals surface area contributed by atoms with E-state index in [0.717, 1.165) is 37.2 Å². The second-order valence-corrected chi connectivity index (χ2v) is 5.36. The van der Waals surface area contributed by atoms with E-state index in [0.29, 0.717) is 6.04 Å². The van der Waals surface area contributed by atoms with Crippen LogP contribution < -0.4 is 10.6 Å². The zero-order chi connectivity index (χ0) is 12.1. The van der Waals surface area contributed by atoms with Crippen molar-refractivity contribution in [2.45, 2.75) is 6.04 Å². The molecule has 0 aliphatic carbocycles. The molecule has 0 amide bonds. The van der Waals surface area contributed by atoms with E-state index >= 15 is 0 Å². The van der Waals surface area contributed by atoms with Crippen molar-refractivity contribution >= 4 is 15.9 Å². The van der Waals surface area contributed by atoms with Crippen molar-refractivity contribution < 1.29 is 0 Å². The van der Waals surface area contributed by atoms with Gasteiger partial charge in [-0.15, -0.1) is 0 Å². The summed E-state index contributed by atoms with van der Waals surface area (Å²) in [6.07, 6.45) is 0. The number of hydrogen-bond acceptors (Lipinski definition) is 3. The summed E-state index contributed by atoms with van der Waals surface area (Å²) >= 11 is 3.53. The van der Waals surface area contributed by atoms with Gasteiger partial charge in [0.05, 0.1) is 0 Å². The quantitative estimate of drug-likeness (QED) is 0.884. The molecule has 1 aromatic carbocycles. The molecule has 0 radical (unpaired) electrons. The summed E-state index contributed by atoms with van der Waals surface area (Å²) in [5.74, 6) is 0. The summed E-state index contributed by atoms with van der Waals surface area (Å²) in [5, 5.41) is 6.80. The fourth-order valence-electron chi connectivity index (χ4n) is 2.24. The highest BCUT2D eigenvalue weighted by Crippen LogP contribution is 2.19. The molecular weight excluding hydrogens is 278 g/mol. The average molecular weight is 298 g/mol. The first-order chi connectivity index (χ1) is 8.29. The Bertz CT molecular complexity index is 350. The number of halogens is 1. The van der Waals surface area contributed by atoms with Gasteiger partial charge in [0.15, 0.2) is 0 Å². The van der Waals surface area contributed by atoms with Crippen LogP contribution in [0.25, 0.3) is 0 Å². The first-order valence-electron chi connectivity index (χ1n) is 6.15. The highest BCUT2D eigenvalue weighted by atomic mass is 79.9. The van der Waals surface area contributed by atoms with E-state index in [2.05, 4.69) is 55.7 Å². The molecule has 1 heterocycles. The largest absolute Gasteiger partial charge is 0.314 e. The summed E-state index contributed by atoms with van der Waals surface area (Å²) < 4.78 is 1.15. The average Bonchev–Trinajstić information content (AvgIpc) is 2.37. The van der Waals surface area contributed by atoms with E-state index in [9.17, 15) is 0 Å². The fraction of sp³-hybridized carbons (Fsp3) is 0.538. The zero-order valence-corrected chi connectivity index (χ0v) is 11.8. The van der Waals surface area contributed by atoms with E-state index in [1.54, 1.807) is 0 Å². The minimum atomic E-state index is 0.408. The number of nitrogens with one attached hydrogen (secondary N) is 2. The molecule has 94 valence electrons. The van der Waals surface area contributed by atoms with Crippen LogP contribution in [0.1, 0.15) is 11.6 Å². The molecule has 2 rings (SSSR count). The Hall–Kier alpha value is -0.420. The smallest absolute Gasteiger partial charge is 0.0447 e. The van der Waals surface area contributed by atoms with Crippen molar-refractivity contribution in [1.82, 2.24) is 15.5 Å². The van der Waals surface area contributed by atoms with Crippen molar-refractivity contribution in [3.05, 3.63) is 34.3 Å². The lowest BCUT2D eigenvalue weighted by Gasteiger charge is -2.31. The Balaban J connectivity index is 2.00. The van der Waals surface area contributed by atoms with Crippen LogP contribution in [0.3, 0.4) is 0 Å². The third-order valence-electron chi connectivity index (χ3n) is 3.25. The third-order valence-corrected chi connectivity index (χ3v) is 3.74. The zero-order valence-electron chi connectivity index (χ0n) is 10.2. The van der Waals surface area contributed by atoms with Crippen LogP contribution in [-0.4, -0.2) is 44.7 Å². The molecule has 1 unspecified atom stereocenters. The van der Waals surface area contributed by atoms with Gasteiger partial charge in [-0.25, -0.2) is 0 Å². The molecule has 3 nitrogen and oxygen atoms in total. The molecule has 1 aromatic rings. The normalized spacial score (nSPS) is 19.2. The lowest BCUT2D eigenvalue weighted by molar-refractivity contribution is 0.219. The minimum Gasteiger partial charge on any atom is -0.314 e. The molecule has 0 aromatic heterocycles. The van der Waals surface area contributed by atoms with Gasteiger partial charge in [0, 0.05) is 43.2 Å². The fourth-order valence-corrected chi connectivity index (χ4v) is 2.66. The van der Waals surface area contributed by atoms with Gasteiger partial charge in [-0.1, -0.05) is 28.1 Å². The minimum absolute atomic E-state index is 0.408. The maximum absolute atomic E-state index is 3.53.